The van der Waals surface area contributed by atoms with Crippen LogP contribution in [0.5, 0.6) is 0 Å². The number of esters is 1. The first-order valence-corrected chi connectivity index (χ1v) is 7.84. The molecule has 2 aliphatic rings. The number of nitrogens with one attached hydrogen (secondary N) is 1. The van der Waals surface area contributed by atoms with Crippen LogP contribution in [-0.4, -0.2) is 48.9 Å². The van der Waals surface area contributed by atoms with E-state index in [2.05, 4.69) is 5.32 Å². The minimum Gasteiger partial charge on any atom is -0.466 e. The van der Waals surface area contributed by atoms with Crippen LogP contribution in [0.25, 0.3) is 0 Å². The Morgan fingerprint density at radius 3 is 2.33 bits per heavy atom. The maximum absolute atomic E-state index is 12.0. The number of carbonyl (C=O) groups is 3. The average molecular weight is 296 g/mol. The summed E-state index contributed by atoms with van der Waals surface area (Å²) in [6.07, 6.45) is 3.67. The van der Waals surface area contributed by atoms with Crippen LogP contribution >= 0.6 is 0 Å². The molecule has 1 heterocycles. The van der Waals surface area contributed by atoms with Gasteiger partial charge in [0.2, 0.25) is 11.8 Å². The molecule has 6 heteroatoms. The van der Waals surface area contributed by atoms with Gasteiger partial charge >= 0.3 is 5.97 Å². The first kappa shape index (κ1) is 15.8. The van der Waals surface area contributed by atoms with E-state index in [4.69, 9.17) is 4.74 Å². The predicted octanol–water partition coefficient (Wildman–Crippen LogP) is 0.704. The summed E-state index contributed by atoms with van der Waals surface area (Å²) in [5.41, 5.74) is 0. The van der Waals surface area contributed by atoms with Crippen LogP contribution in [0.1, 0.15) is 39.0 Å². The number of likely N-dealkylation sites (tertiary alicyclic amines) is 1. The van der Waals surface area contributed by atoms with Gasteiger partial charge in [-0.25, -0.2) is 0 Å². The highest BCUT2D eigenvalue weighted by atomic mass is 16.5. The van der Waals surface area contributed by atoms with Crippen molar-refractivity contribution in [1.29, 1.82) is 0 Å². The molecule has 21 heavy (non-hydrogen) atoms. The van der Waals surface area contributed by atoms with Gasteiger partial charge < -0.3 is 15.0 Å². The first-order chi connectivity index (χ1) is 10.1. The van der Waals surface area contributed by atoms with Gasteiger partial charge in [0.1, 0.15) is 0 Å². The van der Waals surface area contributed by atoms with Crippen molar-refractivity contribution in [3.05, 3.63) is 0 Å². The molecule has 0 unspecified atom stereocenters. The van der Waals surface area contributed by atoms with E-state index in [9.17, 15) is 14.4 Å². The number of hydrogen-bond acceptors (Lipinski definition) is 4. The van der Waals surface area contributed by atoms with E-state index in [1.807, 2.05) is 4.90 Å². The second-order valence-corrected chi connectivity index (χ2v) is 5.72. The van der Waals surface area contributed by atoms with Gasteiger partial charge in [0.15, 0.2) is 0 Å². The second kappa shape index (κ2) is 7.43. The van der Waals surface area contributed by atoms with Crippen LogP contribution in [0, 0.1) is 11.8 Å². The third kappa shape index (κ3) is 4.72. The lowest BCUT2D eigenvalue weighted by molar-refractivity contribution is -0.143. The van der Waals surface area contributed by atoms with Crippen LogP contribution in [-0.2, 0) is 19.1 Å². The Morgan fingerprint density at radius 1 is 1.10 bits per heavy atom. The van der Waals surface area contributed by atoms with Gasteiger partial charge in [-0.15, -0.1) is 0 Å². The molecule has 1 saturated carbocycles. The Bertz CT molecular complexity index is 398. The summed E-state index contributed by atoms with van der Waals surface area (Å²) >= 11 is 0. The number of hydrogen-bond donors (Lipinski definition) is 1. The summed E-state index contributed by atoms with van der Waals surface area (Å²) < 4.78 is 4.80. The van der Waals surface area contributed by atoms with E-state index in [-0.39, 0.29) is 36.0 Å². The summed E-state index contributed by atoms with van der Waals surface area (Å²) in [5, 5.41) is 2.78. The smallest absolute Gasteiger partial charge is 0.307 e. The molecule has 6 nitrogen and oxygen atoms in total. The molecule has 2 fully saturated rings. The quantitative estimate of drug-likeness (QED) is 0.732. The van der Waals surface area contributed by atoms with Crippen molar-refractivity contribution < 1.29 is 19.1 Å². The average Bonchev–Trinajstić information content (AvgIpc) is 3.31. The van der Waals surface area contributed by atoms with E-state index in [0.29, 0.717) is 39.1 Å². The molecule has 0 aromatic carbocycles. The Morgan fingerprint density at radius 2 is 1.76 bits per heavy atom. The van der Waals surface area contributed by atoms with Crippen molar-refractivity contribution in [3.63, 3.8) is 0 Å². The van der Waals surface area contributed by atoms with Crippen LogP contribution in [0.4, 0.5) is 0 Å². The minimum absolute atomic E-state index is 0.0159. The fourth-order valence-corrected chi connectivity index (χ4v) is 2.62. The second-order valence-electron chi connectivity index (χ2n) is 5.72. The number of piperidine rings is 1. The number of amides is 2. The fourth-order valence-electron chi connectivity index (χ4n) is 2.62. The number of nitrogens with zero attached hydrogens (tertiary/aromatic N) is 1. The summed E-state index contributed by atoms with van der Waals surface area (Å²) in [5.74, 6) is 0.159. The molecule has 2 amide bonds. The molecule has 0 aromatic heterocycles. The molecule has 0 radical (unpaired) electrons. The molecule has 0 aromatic rings. The Hall–Kier alpha value is -1.59. The predicted molar refractivity (Wildman–Crippen MR) is 76.3 cm³/mol. The molecule has 0 spiro atoms. The van der Waals surface area contributed by atoms with E-state index in [0.717, 1.165) is 12.8 Å². The highest BCUT2D eigenvalue weighted by Crippen LogP contribution is 2.32. The van der Waals surface area contributed by atoms with Gasteiger partial charge in [0.25, 0.3) is 0 Å². The molecule has 1 saturated heterocycles. The van der Waals surface area contributed by atoms with Crippen molar-refractivity contribution in [2.24, 2.45) is 11.8 Å². The fraction of sp³-hybridized carbons (Fsp3) is 0.800. The number of rotatable bonds is 6. The number of carbonyl (C=O) groups excluding carboxylic acids is 3. The standard InChI is InChI=1S/C15H24N2O4/c1-2-21-13(18)5-8-16-14(19)11-6-9-17(10-7-11)15(20)12-3-4-12/h11-12H,2-10H2,1H3,(H,16,19). The summed E-state index contributed by atoms with van der Waals surface area (Å²) in [6, 6.07) is 0. The third-order valence-corrected chi connectivity index (χ3v) is 4.04. The van der Waals surface area contributed by atoms with Gasteiger partial charge in [0, 0.05) is 31.5 Å². The van der Waals surface area contributed by atoms with Crippen molar-refractivity contribution in [3.8, 4) is 0 Å². The summed E-state index contributed by atoms with van der Waals surface area (Å²) in [6.45, 7) is 3.78. The third-order valence-electron chi connectivity index (χ3n) is 4.04. The molecule has 2 rings (SSSR count). The topological polar surface area (TPSA) is 75.7 Å². The van der Waals surface area contributed by atoms with E-state index < -0.39 is 0 Å². The van der Waals surface area contributed by atoms with E-state index >= 15 is 0 Å². The van der Waals surface area contributed by atoms with Crippen LogP contribution in [0.2, 0.25) is 0 Å². The largest absolute Gasteiger partial charge is 0.466 e. The zero-order chi connectivity index (χ0) is 15.2. The maximum atomic E-state index is 12.0. The SMILES string of the molecule is CCOC(=O)CCNC(=O)C1CCN(C(=O)C2CC2)CC1. The minimum atomic E-state index is -0.289. The van der Waals surface area contributed by atoms with Crippen LogP contribution < -0.4 is 5.32 Å². The highest BCUT2D eigenvalue weighted by Gasteiger charge is 2.35. The van der Waals surface area contributed by atoms with Gasteiger partial charge in [-0.1, -0.05) is 0 Å². The highest BCUT2D eigenvalue weighted by molar-refractivity contribution is 5.82. The maximum Gasteiger partial charge on any atom is 0.307 e. The lowest BCUT2D eigenvalue weighted by atomic mass is 9.95. The Kier molecular flexibility index (Phi) is 5.59. The van der Waals surface area contributed by atoms with E-state index in [1.54, 1.807) is 6.92 Å². The summed E-state index contributed by atoms with van der Waals surface area (Å²) in [7, 11) is 0. The van der Waals surface area contributed by atoms with Crippen LogP contribution in [0.15, 0.2) is 0 Å². The first-order valence-electron chi connectivity index (χ1n) is 7.84. The molecular weight excluding hydrogens is 272 g/mol. The van der Waals surface area contributed by atoms with Gasteiger partial charge in [-0.05, 0) is 32.6 Å². The Balaban J connectivity index is 1.63. The van der Waals surface area contributed by atoms with Crippen molar-refractivity contribution in [2.75, 3.05) is 26.2 Å². The molecule has 0 bridgehead atoms. The molecule has 1 N–H and O–H groups in total. The number of ether oxygens (including phenoxy) is 1. The molecule has 1 aliphatic carbocycles. The van der Waals surface area contributed by atoms with Gasteiger partial charge in [-0.2, -0.15) is 0 Å². The molecule has 0 atom stereocenters. The van der Waals surface area contributed by atoms with Gasteiger partial charge in [-0.3, -0.25) is 14.4 Å². The molecular formula is C15H24N2O4. The van der Waals surface area contributed by atoms with Crippen molar-refractivity contribution >= 4 is 17.8 Å². The zero-order valence-electron chi connectivity index (χ0n) is 12.6. The lowest BCUT2D eigenvalue weighted by Crippen LogP contribution is -2.43. The normalized spacial score (nSPS) is 19.2. The monoisotopic (exact) mass is 296 g/mol. The van der Waals surface area contributed by atoms with Crippen molar-refractivity contribution in [1.82, 2.24) is 10.2 Å². The summed E-state index contributed by atoms with van der Waals surface area (Å²) in [4.78, 5) is 37.0. The molecule has 118 valence electrons. The zero-order valence-corrected chi connectivity index (χ0v) is 12.6. The van der Waals surface area contributed by atoms with Crippen LogP contribution in [0.3, 0.4) is 0 Å². The molecule has 1 aliphatic heterocycles. The Labute approximate surface area is 125 Å². The lowest BCUT2D eigenvalue weighted by Gasteiger charge is -2.31. The van der Waals surface area contributed by atoms with Crippen molar-refractivity contribution in [2.45, 2.75) is 39.0 Å². The van der Waals surface area contributed by atoms with E-state index in [1.165, 1.54) is 0 Å². The van der Waals surface area contributed by atoms with Gasteiger partial charge in [0.05, 0.1) is 13.0 Å².